The van der Waals surface area contributed by atoms with Crippen molar-refractivity contribution in [3.63, 3.8) is 0 Å². The van der Waals surface area contributed by atoms with Crippen LogP contribution in [-0.2, 0) is 25.9 Å². The number of aromatic nitrogens is 6. The Labute approximate surface area is 204 Å². The van der Waals surface area contributed by atoms with Crippen LogP contribution in [0.25, 0.3) is 17.2 Å². The molecule has 0 spiro atoms. The van der Waals surface area contributed by atoms with Crippen LogP contribution >= 0.6 is 0 Å². The molecule has 9 nitrogen and oxygen atoms in total. The Hall–Kier alpha value is -3.96. The van der Waals surface area contributed by atoms with Gasteiger partial charge >= 0.3 is 6.18 Å². The van der Waals surface area contributed by atoms with Gasteiger partial charge in [-0.1, -0.05) is 31.2 Å². The molecular weight excluding hydrogens is 475 g/mol. The molecule has 0 fully saturated rings. The van der Waals surface area contributed by atoms with E-state index in [0.717, 1.165) is 5.56 Å². The van der Waals surface area contributed by atoms with E-state index in [4.69, 9.17) is 4.74 Å². The molecule has 4 aromatic rings. The van der Waals surface area contributed by atoms with Crippen LogP contribution in [0.2, 0.25) is 0 Å². The van der Waals surface area contributed by atoms with Gasteiger partial charge in [0, 0.05) is 25.1 Å². The molecule has 12 heteroatoms. The third-order valence-corrected chi connectivity index (χ3v) is 6.31. The maximum Gasteiger partial charge on any atom is 0.392 e. The van der Waals surface area contributed by atoms with Crippen molar-refractivity contribution >= 4 is 11.7 Å². The summed E-state index contributed by atoms with van der Waals surface area (Å²) < 4.78 is 47.6. The molecule has 0 aliphatic carbocycles. The van der Waals surface area contributed by atoms with E-state index < -0.39 is 12.1 Å². The van der Waals surface area contributed by atoms with Crippen LogP contribution in [0.5, 0.6) is 5.75 Å². The minimum atomic E-state index is -4.23. The van der Waals surface area contributed by atoms with Crippen molar-refractivity contribution in [3.05, 3.63) is 59.4 Å². The molecule has 1 aliphatic heterocycles. The molecule has 36 heavy (non-hydrogen) atoms. The lowest BCUT2D eigenvalue weighted by molar-refractivity contribution is -0.179. The van der Waals surface area contributed by atoms with Gasteiger partial charge in [-0.3, -0.25) is 9.20 Å². The van der Waals surface area contributed by atoms with Crippen molar-refractivity contribution in [2.45, 2.75) is 45.5 Å². The molecule has 1 amide bonds. The molecule has 0 bridgehead atoms. The molecule has 0 saturated carbocycles. The fourth-order valence-corrected chi connectivity index (χ4v) is 4.30. The Kier molecular flexibility index (Phi) is 6.10. The van der Waals surface area contributed by atoms with Crippen LogP contribution in [0.3, 0.4) is 0 Å². The van der Waals surface area contributed by atoms with Gasteiger partial charge in [0.1, 0.15) is 11.5 Å². The number of aryl methyl sites for hydroxylation is 2. The van der Waals surface area contributed by atoms with E-state index in [2.05, 4.69) is 25.4 Å². The van der Waals surface area contributed by atoms with Crippen LogP contribution in [0.1, 0.15) is 40.9 Å². The summed E-state index contributed by atoms with van der Waals surface area (Å²) >= 11 is 0. The van der Waals surface area contributed by atoms with Crippen LogP contribution in [0.4, 0.5) is 13.2 Å². The number of alkyl halides is 3. The van der Waals surface area contributed by atoms with E-state index in [9.17, 15) is 18.0 Å². The van der Waals surface area contributed by atoms with E-state index in [0.29, 0.717) is 46.5 Å². The Morgan fingerprint density at radius 2 is 2.00 bits per heavy atom. The molecule has 1 unspecified atom stereocenters. The highest BCUT2D eigenvalue weighted by atomic mass is 19.4. The number of ether oxygens (including phenoxy) is 1. The standard InChI is InChI=1S/C24H24F3N7O2/c1-3-18-20(33-13-17(36-2)12-29-23(33)30-18)22(35)28-11-14-4-6-15(7-5-14)21-31-19-10-16(24(25,26)27)8-9-34(19)32-21/h4-7,12-13,16H,3,8-11H2,1-2H3,(H,28,35). The number of benzene rings is 1. The molecule has 0 saturated heterocycles. The number of hydrogen-bond donors (Lipinski definition) is 1. The second-order valence-electron chi connectivity index (χ2n) is 8.61. The number of carbonyl (C=O) groups is 1. The van der Waals surface area contributed by atoms with E-state index in [1.54, 1.807) is 33.6 Å². The molecule has 4 heterocycles. The molecule has 0 radical (unpaired) electrons. The number of imidazole rings is 1. The second kappa shape index (κ2) is 9.25. The third-order valence-electron chi connectivity index (χ3n) is 6.31. The number of nitrogens with zero attached hydrogens (tertiary/aromatic N) is 6. The first-order valence-corrected chi connectivity index (χ1v) is 11.6. The van der Waals surface area contributed by atoms with Crippen molar-refractivity contribution in [2.24, 2.45) is 5.92 Å². The normalized spacial score (nSPS) is 15.6. The maximum absolute atomic E-state index is 13.1. The Balaban J connectivity index is 1.28. The average Bonchev–Trinajstić information content (AvgIpc) is 3.47. The summed E-state index contributed by atoms with van der Waals surface area (Å²) in [6.45, 7) is 2.38. The Morgan fingerprint density at radius 1 is 1.22 bits per heavy atom. The summed E-state index contributed by atoms with van der Waals surface area (Å²) in [5, 5.41) is 7.29. The van der Waals surface area contributed by atoms with E-state index >= 15 is 0 Å². The molecule has 1 aliphatic rings. The predicted molar refractivity (Wildman–Crippen MR) is 123 cm³/mol. The van der Waals surface area contributed by atoms with Crippen LogP contribution < -0.4 is 10.1 Å². The van der Waals surface area contributed by atoms with Gasteiger partial charge in [0.25, 0.3) is 5.91 Å². The smallest absolute Gasteiger partial charge is 0.392 e. The molecule has 188 valence electrons. The number of rotatable bonds is 6. The summed E-state index contributed by atoms with van der Waals surface area (Å²) in [5.41, 5.74) is 2.58. The Bertz CT molecular complexity index is 1410. The van der Waals surface area contributed by atoms with Gasteiger partial charge in [-0.15, -0.1) is 0 Å². The van der Waals surface area contributed by atoms with Crippen LogP contribution in [0.15, 0.2) is 36.7 Å². The number of methoxy groups -OCH3 is 1. The monoisotopic (exact) mass is 499 g/mol. The van der Waals surface area contributed by atoms with E-state index in [1.807, 2.05) is 19.1 Å². The minimum absolute atomic E-state index is 0.00694. The van der Waals surface area contributed by atoms with Crippen LogP contribution in [0, 0.1) is 5.92 Å². The number of carbonyl (C=O) groups excluding carboxylic acids is 1. The minimum Gasteiger partial charge on any atom is -0.494 e. The highest BCUT2D eigenvalue weighted by Crippen LogP contribution is 2.34. The molecular formula is C24H24F3N7O2. The van der Waals surface area contributed by atoms with Gasteiger partial charge in [0.15, 0.2) is 11.6 Å². The number of hydrogen-bond acceptors (Lipinski definition) is 6. The second-order valence-corrected chi connectivity index (χ2v) is 8.61. The first-order valence-electron chi connectivity index (χ1n) is 11.6. The maximum atomic E-state index is 13.1. The number of halogens is 3. The summed E-state index contributed by atoms with van der Waals surface area (Å²) in [5.74, 6) is -0.00850. The lowest BCUT2D eigenvalue weighted by Crippen LogP contribution is -2.31. The summed E-state index contributed by atoms with van der Waals surface area (Å²) in [4.78, 5) is 26.0. The van der Waals surface area contributed by atoms with Gasteiger partial charge in [-0.2, -0.15) is 18.3 Å². The summed E-state index contributed by atoms with van der Waals surface area (Å²) in [6.07, 6.45) is -0.600. The van der Waals surface area contributed by atoms with Gasteiger partial charge in [-0.05, 0) is 18.4 Å². The Morgan fingerprint density at radius 3 is 2.69 bits per heavy atom. The SMILES string of the molecule is CCc1nc2ncc(OC)cn2c1C(=O)NCc1ccc(-c2nc3n(n2)CCC(C(F)(F)F)C3)cc1. The fourth-order valence-electron chi connectivity index (χ4n) is 4.30. The predicted octanol–water partition coefficient (Wildman–Crippen LogP) is 3.61. The number of amides is 1. The molecule has 5 rings (SSSR count). The van der Waals surface area contributed by atoms with Gasteiger partial charge in [0.05, 0.1) is 31.1 Å². The zero-order chi connectivity index (χ0) is 25.4. The van der Waals surface area contributed by atoms with Gasteiger partial charge < -0.3 is 10.1 Å². The highest BCUT2D eigenvalue weighted by molar-refractivity contribution is 5.94. The highest BCUT2D eigenvalue weighted by Gasteiger charge is 2.42. The van der Waals surface area contributed by atoms with Crippen molar-refractivity contribution in [1.82, 2.24) is 34.4 Å². The summed E-state index contributed by atoms with van der Waals surface area (Å²) in [7, 11) is 1.53. The van der Waals surface area contributed by atoms with E-state index in [-0.39, 0.29) is 31.8 Å². The third kappa shape index (κ3) is 4.50. The summed E-state index contributed by atoms with van der Waals surface area (Å²) in [6, 6.07) is 7.25. The van der Waals surface area contributed by atoms with Crippen molar-refractivity contribution < 1.29 is 22.7 Å². The van der Waals surface area contributed by atoms with E-state index in [1.165, 1.54) is 7.11 Å². The lowest BCUT2D eigenvalue weighted by atomic mass is 9.98. The molecule has 1 N–H and O–H groups in total. The number of nitrogens with one attached hydrogen (secondary N) is 1. The lowest BCUT2D eigenvalue weighted by Gasteiger charge is -2.24. The molecule has 1 aromatic carbocycles. The average molecular weight is 499 g/mol. The zero-order valence-electron chi connectivity index (χ0n) is 19.7. The van der Waals surface area contributed by atoms with Crippen molar-refractivity contribution in [2.75, 3.05) is 7.11 Å². The topological polar surface area (TPSA) is 99.2 Å². The first-order chi connectivity index (χ1) is 17.3. The zero-order valence-corrected chi connectivity index (χ0v) is 19.7. The van der Waals surface area contributed by atoms with Crippen LogP contribution in [-0.4, -0.2) is 48.3 Å². The first kappa shape index (κ1) is 23.8. The number of fused-ring (bicyclic) bond motifs is 2. The molecule has 1 atom stereocenters. The quantitative estimate of drug-likeness (QED) is 0.435. The van der Waals surface area contributed by atoms with Gasteiger partial charge in [-0.25, -0.2) is 19.6 Å². The van der Waals surface area contributed by atoms with Crippen molar-refractivity contribution in [3.8, 4) is 17.1 Å². The molecule has 3 aromatic heterocycles. The fraction of sp³-hybridized carbons (Fsp3) is 0.375. The van der Waals surface area contributed by atoms with Crippen molar-refractivity contribution in [1.29, 1.82) is 0 Å². The largest absolute Gasteiger partial charge is 0.494 e. The van der Waals surface area contributed by atoms with Gasteiger partial charge in [0.2, 0.25) is 5.78 Å².